The number of benzene rings is 5. The van der Waals surface area contributed by atoms with Gasteiger partial charge in [-0.2, -0.15) is 0 Å². The molecule has 2 saturated heterocycles. The fraction of sp³-hybridized carbons (Fsp3) is 0.308. The Balaban J connectivity index is 1.30. The second kappa shape index (κ2) is 17.5. The lowest BCUT2D eigenvalue weighted by molar-refractivity contribution is -0.161. The predicted octanol–water partition coefficient (Wildman–Crippen LogP) is 5.26. The average molecular weight is 904 g/mol. The van der Waals surface area contributed by atoms with E-state index < -0.39 is 70.1 Å². The highest BCUT2D eigenvalue weighted by molar-refractivity contribution is 6.04. The van der Waals surface area contributed by atoms with Gasteiger partial charge in [-0.05, 0) is 96.9 Å². The van der Waals surface area contributed by atoms with Crippen molar-refractivity contribution in [3.05, 3.63) is 173 Å². The minimum Gasteiger partial charge on any atom is -0.465 e. The van der Waals surface area contributed by atoms with E-state index in [0.29, 0.717) is 53.6 Å². The summed E-state index contributed by atoms with van der Waals surface area (Å²) in [6, 6.07) is 42.2. The topological polar surface area (TPSA) is 229 Å². The number of nitrogens with zero attached hydrogens (tertiary/aromatic N) is 3. The Morgan fingerprint density at radius 2 is 0.896 bits per heavy atom. The Labute approximate surface area is 387 Å². The van der Waals surface area contributed by atoms with Gasteiger partial charge in [0.25, 0.3) is 11.8 Å². The molecule has 2 fully saturated rings. The van der Waals surface area contributed by atoms with Gasteiger partial charge in [-0.25, -0.2) is 9.59 Å². The summed E-state index contributed by atoms with van der Waals surface area (Å²) in [6.07, 6.45) is -3.09. The number of likely N-dealkylation sites (tertiary alicyclic amines) is 2. The van der Waals surface area contributed by atoms with Crippen LogP contribution in [0.4, 0.5) is 15.3 Å². The molecule has 6 aliphatic rings. The highest BCUT2D eigenvalue weighted by Gasteiger charge is 2.70. The van der Waals surface area contributed by atoms with Crippen molar-refractivity contribution in [3.8, 4) is 0 Å². The Kier molecular flexibility index (Phi) is 11.7. The van der Waals surface area contributed by atoms with Gasteiger partial charge in [0.15, 0.2) is 0 Å². The second-order valence-electron chi connectivity index (χ2n) is 18.3. The quantitative estimate of drug-likeness (QED) is 0.0894. The molecule has 5 aromatic carbocycles. The summed E-state index contributed by atoms with van der Waals surface area (Å²) in [5, 5.41) is 25.1. The molecule has 0 saturated carbocycles. The number of rotatable bonds is 13. The number of hydrogen-bond acceptors (Lipinski definition) is 9. The van der Waals surface area contributed by atoms with Crippen molar-refractivity contribution in [1.29, 1.82) is 0 Å². The number of para-hydroxylation sites is 1. The number of anilines is 1. The minimum atomic E-state index is -2.05. The van der Waals surface area contributed by atoms with E-state index in [2.05, 4.69) is 15.5 Å². The zero-order chi connectivity index (χ0) is 47.1. The summed E-state index contributed by atoms with van der Waals surface area (Å²) < 4.78 is 0. The maximum absolute atomic E-state index is 15.6. The molecule has 15 nitrogen and oxygen atoms in total. The number of nitrogens with two attached hydrogens (primary N) is 2. The third-order valence-electron chi connectivity index (χ3n) is 14.9. The number of primary amides is 2. The molecule has 0 aromatic heterocycles. The van der Waals surface area contributed by atoms with Crippen molar-refractivity contribution in [1.82, 2.24) is 20.4 Å². The number of hydrogen-bond donors (Lipinski definition) is 6. The molecule has 11 rings (SSSR count). The standard InChI is InChI=1S/C52H53N7O8/c53-43(60)49(30-34-12-4-1-5-13-34)32-36-20-24-38(25-21-36)51(49,45(62)55-47(64)65)57-28-10-18-41(57)59(40-16-8-3-9-17-40)42-19-11-29-58(42)52(46(63)56-48(66)67)39-26-22-37(23-27-39)33-50(52,44(54)61)31-35-14-6-2-7-15-35/h1-9,12-17,20-27,41-42H,10-11,18-19,28-33H2,(H2,53,60)(H2,54,61)(H,55,62)(H,56,63)(H,64,65)(H,66,67)/t41?,42?,49?,50?,51-,52-/m1/s1. The Bertz CT molecular complexity index is 2540. The highest BCUT2D eigenvalue weighted by atomic mass is 16.4. The monoisotopic (exact) mass is 903 g/mol. The number of carbonyl (C=O) groups is 6. The SMILES string of the molecule is NC(=O)C1(Cc2ccccc2)Cc2ccc(cc2)[C@]1(C(=O)NC(=O)O)N1CCCC1N(c1ccccc1)C1CCCN1[C@@]1(C(=O)NC(=O)O)c2ccc(cc2)CC1(Cc1ccccc1)C(N)=O. The zero-order valence-electron chi connectivity index (χ0n) is 36.8. The first-order valence-corrected chi connectivity index (χ1v) is 22.6. The van der Waals surface area contributed by atoms with Crippen LogP contribution in [0, 0.1) is 10.8 Å². The average Bonchev–Trinajstić information content (AvgIpc) is 3.87. The molecular weight excluding hydrogens is 851 g/mol. The lowest BCUT2D eigenvalue weighted by Gasteiger charge is -2.58. The highest BCUT2D eigenvalue weighted by Crippen LogP contribution is 2.57. The van der Waals surface area contributed by atoms with Crippen LogP contribution in [0.3, 0.4) is 0 Å². The van der Waals surface area contributed by atoms with E-state index in [9.17, 15) is 29.4 Å². The molecule has 5 aromatic rings. The van der Waals surface area contributed by atoms with Gasteiger partial charge in [0.2, 0.25) is 11.8 Å². The van der Waals surface area contributed by atoms with E-state index in [1.807, 2.05) is 125 Å². The molecule has 6 atom stereocenters. The molecule has 4 bridgehead atoms. The van der Waals surface area contributed by atoms with Crippen molar-refractivity contribution in [2.45, 2.75) is 74.8 Å². The molecule has 15 heteroatoms. The van der Waals surface area contributed by atoms with Crippen LogP contribution in [0.25, 0.3) is 0 Å². The molecule has 6 amide bonds. The number of carboxylic acid groups (broad SMARTS) is 2. The molecule has 2 aliphatic heterocycles. The Hall–Kier alpha value is -7.36. The van der Waals surface area contributed by atoms with Gasteiger partial charge >= 0.3 is 12.2 Å². The maximum Gasteiger partial charge on any atom is 0.411 e. The van der Waals surface area contributed by atoms with Gasteiger partial charge in [0, 0.05) is 18.8 Å². The van der Waals surface area contributed by atoms with Gasteiger partial charge in [-0.15, -0.1) is 0 Å². The first-order valence-electron chi connectivity index (χ1n) is 22.6. The van der Waals surface area contributed by atoms with Crippen molar-refractivity contribution < 1.29 is 39.0 Å². The van der Waals surface area contributed by atoms with Crippen LogP contribution >= 0.6 is 0 Å². The normalized spacial score (nSPS) is 26.6. The molecule has 2 heterocycles. The van der Waals surface area contributed by atoms with Crippen LogP contribution < -0.4 is 27.0 Å². The molecule has 8 N–H and O–H groups in total. The van der Waals surface area contributed by atoms with E-state index in [-0.39, 0.29) is 38.8 Å². The largest absolute Gasteiger partial charge is 0.465 e. The lowest BCUT2D eigenvalue weighted by Crippen LogP contribution is -2.75. The van der Waals surface area contributed by atoms with E-state index in [4.69, 9.17) is 11.5 Å². The summed E-state index contributed by atoms with van der Waals surface area (Å²) in [4.78, 5) is 92.1. The van der Waals surface area contributed by atoms with Gasteiger partial charge < -0.3 is 26.6 Å². The minimum absolute atomic E-state index is 0.000210. The van der Waals surface area contributed by atoms with Gasteiger partial charge in [-0.3, -0.25) is 39.6 Å². The number of amides is 6. The first-order chi connectivity index (χ1) is 32.3. The van der Waals surface area contributed by atoms with Crippen LogP contribution in [0.5, 0.6) is 0 Å². The fourth-order valence-corrected chi connectivity index (χ4v) is 12.4. The van der Waals surface area contributed by atoms with Crippen molar-refractivity contribution >= 4 is 41.5 Å². The zero-order valence-corrected chi connectivity index (χ0v) is 36.8. The van der Waals surface area contributed by atoms with Crippen LogP contribution in [-0.2, 0) is 55.9 Å². The van der Waals surface area contributed by atoms with Crippen molar-refractivity contribution in [2.75, 3.05) is 18.0 Å². The van der Waals surface area contributed by atoms with Gasteiger partial charge in [0.05, 0.1) is 23.2 Å². The van der Waals surface area contributed by atoms with Crippen LogP contribution in [-0.4, -0.2) is 81.2 Å². The number of carbonyl (C=O) groups excluding carboxylic acids is 4. The van der Waals surface area contributed by atoms with E-state index in [0.717, 1.165) is 11.1 Å². The summed E-state index contributed by atoms with van der Waals surface area (Å²) in [6.45, 7) is 0.423. The molecule has 4 unspecified atom stereocenters. The predicted molar refractivity (Wildman–Crippen MR) is 248 cm³/mol. The summed E-state index contributed by atoms with van der Waals surface area (Å²) in [5.41, 5.74) is 10.00. The van der Waals surface area contributed by atoms with Gasteiger partial charge in [-0.1, -0.05) is 127 Å². The smallest absolute Gasteiger partial charge is 0.411 e. The summed E-state index contributed by atoms with van der Waals surface area (Å²) in [5.74, 6) is -3.47. The third kappa shape index (κ3) is 7.11. The molecular formula is C52H53N7O8. The lowest BCUT2D eigenvalue weighted by atomic mass is 9.59. The summed E-state index contributed by atoms with van der Waals surface area (Å²) in [7, 11) is 0. The van der Waals surface area contributed by atoms with Crippen molar-refractivity contribution in [3.63, 3.8) is 0 Å². The number of nitrogens with one attached hydrogen (secondary N) is 2. The van der Waals surface area contributed by atoms with E-state index in [1.165, 1.54) is 0 Å². The van der Waals surface area contributed by atoms with Crippen LogP contribution in [0.1, 0.15) is 59.1 Å². The fourth-order valence-electron chi connectivity index (χ4n) is 12.4. The van der Waals surface area contributed by atoms with E-state index in [1.54, 1.807) is 24.3 Å². The van der Waals surface area contributed by atoms with Crippen molar-refractivity contribution in [2.24, 2.45) is 22.3 Å². The number of imide groups is 2. The second-order valence-corrected chi connectivity index (χ2v) is 18.3. The molecule has 344 valence electrons. The molecule has 0 spiro atoms. The maximum atomic E-state index is 15.6. The summed E-state index contributed by atoms with van der Waals surface area (Å²) >= 11 is 0. The van der Waals surface area contributed by atoms with Gasteiger partial charge in [0.1, 0.15) is 11.1 Å². The Morgan fingerprint density at radius 1 is 0.537 bits per heavy atom. The van der Waals surface area contributed by atoms with Crippen LogP contribution in [0.2, 0.25) is 0 Å². The van der Waals surface area contributed by atoms with Crippen LogP contribution in [0.15, 0.2) is 140 Å². The molecule has 67 heavy (non-hydrogen) atoms. The molecule has 0 radical (unpaired) electrons. The molecule has 4 aliphatic carbocycles. The Morgan fingerprint density at radius 3 is 1.24 bits per heavy atom. The number of fused-ring (bicyclic) bond motifs is 8. The third-order valence-corrected chi connectivity index (χ3v) is 14.9. The first kappa shape index (κ1) is 44.8. The van der Waals surface area contributed by atoms with E-state index >= 15 is 9.59 Å².